The number of rotatable bonds is 6. The standard InChI is InChI=1S/C30H40N6O3S/c1-29(2,3)39-28(37)31-18-30(10-4-11-30)34-26-25-24(9-12-40(25)38)32-27(33-26)36-16-21-14-35(15-22(21)17-36)23-8-7-19-5-6-20(19)13-23/h7-8,13,21-22H,4-6,9-12,14-18H2,1-3H3,(H,31,37)(H,32,33,34)/t21-,22+,40?. The molecule has 2 aliphatic carbocycles. The molecule has 5 aliphatic rings. The van der Waals surface area contributed by atoms with Crippen LogP contribution in [0.15, 0.2) is 23.1 Å². The highest BCUT2D eigenvalue weighted by Crippen LogP contribution is 2.41. The Morgan fingerprint density at radius 1 is 1.05 bits per heavy atom. The summed E-state index contributed by atoms with van der Waals surface area (Å²) in [5, 5.41) is 6.60. The van der Waals surface area contributed by atoms with E-state index in [0.29, 0.717) is 36.4 Å². The molecule has 1 aromatic carbocycles. The van der Waals surface area contributed by atoms with Crippen molar-refractivity contribution in [1.29, 1.82) is 0 Å². The van der Waals surface area contributed by atoms with Crippen LogP contribution >= 0.6 is 0 Å². The molecule has 2 aromatic rings. The largest absolute Gasteiger partial charge is 0.444 e. The molecule has 2 N–H and O–H groups in total. The fourth-order valence-electron chi connectivity index (χ4n) is 6.91. The predicted octanol–water partition coefficient (Wildman–Crippen LogP) is 3.67. The van der Waals surface area contributed by atoms with Gasteiger partial charge in [-0.1, -0.05) is 6.07 Å². The fraction of sp³-hybridized carbons (Fsp3) is 0.633. The molecule has 0 bridgehead atoms. The van der Waals surface area contributed by atoms with Crippen LogP contribution in [0, 0.1) is 11.8 Å². The molecule has 214 valence electrons. The second-order valence-corrected chi connectivity index (χ2v) is 14.9. The van der Waals surface area contributed by atoms with Gasteiger partial charge in [-0.15, -0.1) is 0 Å². The number of hydrogen-bond donors (Lipinski definition) is 2. The average Bonchev–Trinajstić information content (AvgIpc) is 3.54. The predicted molar refractivity (Wildman–Crippen MR) is 157 cm³/mol. The van der Waals surface area contributed by atoms with Gasteiger partial charge in [-0.2, -0.15) is 4.98 Å². The van der Waals surface area contributed by atoms with E-state index in [2.05, 4.69) is 38.6 Å². The van der Waals surface area contributed by atoms with Crippen LogP contribution in [-0.4, -0.2) is 69.9 Å². The quantitative estimate of drug-likeness (QED) is 0.549. The molecule has 0 spiro atoms. The molecule has 1 aromatic heterocycles. The third-order valence-electron chi connectivity index (χ3n) is 9.33. The zero-order chi connectivity index (χ0) is 27.6. The van der Waals surface area contributed by atoms with E-state index in [1.807, 2.05) is 20.8 Å². The number of alkyl carbamates (subject to hydrolysis) is 1. The summed E-state index contributed by atoms with van der Waals surface area (Å²) in [6.45, 7) is 10.0. The number of nitrogens with one attached hydrogen (secondary N) is 2. The van der Waals surface area contributed by atoms with Gasteiger partial charge < -0.3 is 25.2 Å². The number of carbonyl (C=O) groups is 1. The molecule has 10 heteroatoms. The highest BCUT2D eigenvalue weighted by atomic mass is 32.2. The molecule has 1 unspecified atom stereocenters. The Kier molecular flexibility index (Phi) is 6.25. The van der Waals surface area contributed by atoms with Crippen LogP contribution < -0.4 is 20.4 Å². The highest BCUT2D eigenvalue weighted by Gasteiger charge is 2.43. The van der Waals surface area contributed by atoms with Crippen molar-refractivity contribution < 1.29 is 13.7 Å². The third kappa shape index (κ3) is 4.82. The number of amides is 1. The first kappa shape index (κ1) is 26.0. The maximum Gasteiger partial charge on any atom is 0.407 e. The van der Waals surface area contributed by atoms with Gasteiger partial charge in [-0.05, 0) is 76.1 Å². The Morgan fingerprint density at radius 2 is 1.77 bits per heavy atom. The van der Waals surface area contributed by atoms with Gasteiger partial charge in [-0.3, -0.25) is 4.21 Å². The Balaban J connectivity index is 1.06. The Hall–Kier alpha value is -2.88. The third-order valence-corrected chi connectivity index (χ3v) is 10.8. The normalized spacial score (nSPS) is 25.9. The minimum absolute atomic E-state index is 0.317. The minimum Gasteiger partial charge on any atom is -0.444 e. The van der Waals surface area contributed by atoms with E-state index in [1.165, 1.54) is 29.7 Å². The van der Waals surface area contributed by atoms with Crippen molar-refractivity contribution >= 4 is 34.3 Å². The fourth-order valence-corrected chi connectivity index (χ4v) is 8.22. The van der Waals surface area contributed by atoms with Gasteiger partial charge in [-0.25, -0.2) is 9.78 Å². The van der Waals surface area contributed by atoms with E-state index in [0.717, 1.165) is 62.0 Å². The van der Waals surface area contributed by atoms with E-state index < -0.39 is 22.5 Å². The van der Waals surface area contributed by atoms with Crippen LogP contribution in [0.4, 0.5) is 22.2 Å². The van der Waals surface area contributed by atoms with Crippen molar-refractivity contribution in [2.45, 2.75) is 75.3 Å². The van der Waals surface area contributed by atoms with Crippen LogP contribution in [0.2, 0.25) is 0 Å². The lowest BCUT2D eigenvalue weighted by molar-refractivity contribution is 0.0506. The molecule has 3 aliphatic heterocycles. The summed E-state index contributed by atoms with van der Waals surface area (Å²) in [5.41, 5.74) is 4.44. The Bertz CT molecular complexity index is 1360. The van der Waals surface area contributed by atoms with Crippen molar-refractivity contribution in [3.63, 3.8) is 0 Å². The Labute approximate surface area is 238 Å². The number of hydrogen-bond acceptors (Lipinski definition) is 8. The lowest BCUT2D eigenvalue weighted by atomic mass is 9.76. The number of benzene rings is 1. The van der Waals surface area contributed by atoms with Crippen LogP contribution in [0.3, 0.4) is 0 Å². The second kappa shape index (κ2) is 9.60. The number of ether oxygens (including phenoxy) is 1. The van der Waals surface area contributed by atoms with Crippen molar-refractivity contribution in [2.75, 3.05) is 53.6 Å². The molecule has 1 amide bonds. The van der Waals surface area contributed by atoms with Crippen molar-refractivity contribution in [3.05, 3.63) is 35.0 Å². The summed E-state index contributed by atoms with van der Waals surface area (Å²) < 4.78 is 18.4. The van der Waals surface area contributed by atoms with E-state index in [9.17, 15) is 9.00 Å². The number of anilines is 3. The summed E-state index contributed by atoms with van der Waals surface area (Å²) in [4.78, 5) is 28.0. The molecular formula is C30H40N6O3S. The number of carbonyl (C=O) groups excluding carboxylic acids is 1. The van der Waals surface area contributed by atoms with Gasteiger partial charge in [0.15, 0.2) is 0 Å². The first-order valence-corrected chi connectivity index (χ1v) is 16.1. The first-order valence-electron chi connectivity index (χ1n) is 14.8. The Morgan fingerprint density at radius 3 is 2.40 bits per heavy atom. The first-order chi connectivity index (χ1) is 19.1. The molecule has 4 heterocycles. The van der Waals surface area contributed by atoms with E-state index >= 15 is 0 Å². The number of nitrogens with zero attached hydrogens (tertiary/aromatic N) is 4. The van der Waals surface area contributed by atoms with Gasteiger partial charge in [0.05, 0.1) is 22.0 Å². The monoisotopic (exact) mass is 564 g/mol. The molecule has 3 fully saturated rings. The topological polar surface area (TPSA) is 99.7 Å². The molecular weight excluding hydrogens is 524 g/mol. The van der Waals surface area contributed by atoms with Gasteiger partial charge in [0.2, 0.25) is 5.95 Å². The van der Waals surface area contributed by atoms with Gasteiger partial charge in [0.1, 0.15) is 16.3 Å². The number of aryl methyl sites for hydroxylation is 3. The van der Waals surface area contributed by atoms with E-state index in [1.54, 1.807) is 0 Å². The second-order valence-electron chi connectivity index (χ2n) is 13.3. The highest BCUT2D eigenvalue weighted by molar-refractivity contribution is 7.85. The summed E-state index contributed by atoms with van der Waals surface area (Å²) in [7, 11) is -1.11. The van der Waals surface area contributed by atoms with Gasteiger partial charge >= 0.3 is 6.09 Å². The van der Waals surface area contributed by atoms with Gasteiger partial charge in [0.25, 0.3) is 0 Å². The van der Waals surface area contributed by atoms with Crippen LogP contribution in [0.5, 0.6) is 0 Å². The molecule has 1 saturated carbocycles. The van der Waals surface area contributed by atoms with Crippen LogP contribution in [0.1, 0.15) is 56.9 Å². The summed E-state index contributed by atoms with van der Waals surface area (Å²) in [6.07, 6.45) is 5.63. The molecule has 7 rings (SSSR count). The van der Waals surface area contributed by atoms with E-state index in [4.69, 9.17) is 14.7 Å². The molecule has 9 nitrogen and oxygen atoms in total. The van der Waals surface area contributed by atoms with Crippen LogP contribution in [0.25, 0.3) is 0 Å². The smallest absolute Gasteiger partial charge is 0.407 e. The summed E-state index contributed by atoms with van der Waals surface area (Å²) in [6, 6.07) is 7.00. The number of aromatic nitrogens is 2. The maximum absolute atomic E-state index is 13.0. The number of fused-ring (bicyclic) bond motifs is 3. The molecule has 40 heavy (non-hydrogen) atoms. The minimum atomic E-state index is -1.11. The molecule has 0 radical (unpaired) electrons. The summed E-state index contributed by atoms with van der Waals surface area (Å²) in [5.74, 6) is 3.19. The molecule has 2 saturated heterocycles. The van der Waals surface area contributed by atoms with Crippen LogP contribution in [-0.2, 0) is 34.8 Å². The van der Waals surface area contributed by atoms with Crippen molar-refractivity contribution in [1.82, 2.24) is 15.3 Å². The summed E-state index contributed by atoms with van der Waals surface area (Å²) >= 11 is 0. The molecule has 3 atom stereocenters. The zero-order valence-corrected chi connectivity index (χ0v) is 24.6. The van der Waals surface area contributed by atoms with Crippen molar-refractivity contribution in [3.8, 4) is 0 Å². The zero-order valence-electron chi connectivity index (χ0n) is 23.8. The SMILES string of the molecule is CC(C)(C)OC(=O)NCC1(Nc2nc(N3C[C@H]4CN(c5ccc6c(c5)CC6)C[C@H]4C3)nc3c2S(=O)CC3)CCC1. The van der Waals surface area contributed by atoms with Crippen molar-refractivity contribution in [2.24, 2.45) is 11.8 Å². The lowest BCUT2D eigenvalue weighted by Gasteiger charge is -2.43. The maximum atomic E-state index is 13.0. The average molecular weight is 565 g/mol. The lowest BCUT2D eigenvalue weighted by Crippen LogP contribution is -2.54. The van der Waals surface area contributed by atoms with E-state index in [-0.39, 0.29) is 5.54 Å². The van der Waals surface area contributed by atoms with Gasteiger partial charge in [0, 0.05) is 62.4 Å².